The molecule has 1 unspecified atom stereocenters. The minimum absolute atomic E-state index is 0.425. The molecule has 3 heteroatoms. The van der Waals surface area contributed by atoms with Gasteiger partial charge in [0.1, 0.15) is 0 Å². The van der Waals surface area contributed by atoms with Gasteiger partial charge in [-0.25, -0.2) is 0 Å². The molecule has 0 aliphatic heterocycles. The number of nitrogens with zero attached hydrogens (tertiary/aromatic N) is 1. The number of benzene rings is 2. The average molecular weight is 269 g/mol. The van der Waals surface area contributed by atoms with Crippen molar-refractivity contribution in [3.05, 3.63) is 48.0 Å². The van der Waals surface area contributed by atoms with Crippen molar-refractivity contribution in [2.45, 2.75) is 32.9 Å². The van der Waals surface area contributed by atoms with Crippen LogP contribution in [0.2, 0.25) is 0 Å². The van der Waals surface area contributed by atoms with Crippen molar-refractivity contribution in [2.75, 3.05) is 7.05 Å². The Kier molecular flexibility index (Phi) is 4.99. The zero-order valence-corrected chi connectivity index (χ0v) is 12.5. The summed E-state index contributed by atoms with van der Waals surface area (Å²) in [6.07, 6.45) is 1.08. The first-order chi connectivity index (χ1) is 9.74. The van der Waals surface area contributed by atoms with E-state index in [9.17, 15) is 0 Å². The monoisotopic (exact) mass is 269 g/mol. The van der Waals surface area contributed by atoms with Crippen molar-refractivity contribution < 1.29 is 0 Å². The summed E-state index contributed by atoms with van der Waals surface area (Å²) in [4.78, 5) is 4.27. The van der Waals surface area contributed by atoms with Gasteiger partial charge < -0.3 is 10.6 Å². The van der Waals surface area contributed by atoms with E-state index in [0.29, 0.717) is 6.04 Å². The number of fused-ring (bicyclic) bond motifs is 1. The van der Waals surface area contributed by atoms with Gasteiger partial charge in [0.25, 0.3) is 0 Å². The van der Waals surface area contributed by atoms with Crippen LogP contribution in [-0.4, -0.2) is 19.0 Å². The number of hydrogen-bond donors (Lipinski definition) is 2. The summed E-state index contributed by atoms with van der Waals surface area (Å²) < 4.78 is 0. The standard InChI is InChI=1S/C17H23N3/c1-4-13(2)20-17(18-3)19-12-15-10-7-9-14-8-5-6-11-16(14)15/h5-11,13H,4,12H2,1-3H3,(H2,18,19,20). The molecule has 0 aliphatic rings. The molecule has 0 heterocycles. The lowest BCUT2D eigenvalue weighted by Gasteiger charge is -2.17. The van der Waals surface area contributed by atoms with E-state index in [4.69, 9.17) is 0 Å². The van der Waals surface area contributed by atoms with Crippen molar-refractivity contribution >= 4 is 16.7 Å². The van der Waals surface area contributed by atoms with Gasteiger partial charge in [0.2, 0.25) is 0 Å². The molecule has 0 saturated carbocycles. The molecule has 0 bridgehead atoms. The predicted molar refractivity (Wildman–Crippen MR) is 87.0 cm³/mol. The van der Waals surface area contributed by atoms with Gasteiger partial charge in [0.15, 0.2) is 5.96 Å². The van der Waals surface area contributed by atoms with E-state index >= 15 is 0 Å². The second-order valence-electron chi connectivity index (χ2n) is 5.02. The smallest absolute Gasteiger partial charge is 0.191 e. The fourth-order valence-corrected chi connectivity index (χ4v) is 2.16. The van der Waals surface area contributed by atoms with Gasteiger partial charge in [-0.1, -0.05) is 49.4 Å². The minimum Gasteiger partial charge on any atom is -0.354 e. The van der Waals surface area contributed by atoms with Crippen molar-refractivity contribution in [3.63, 3.8) is 0 Å². The second kappa shape index (κ2) is 6.94. The van der Waals surface area contributed by atoms with E-state index in [0.717, 1.165) is 18.9 Å². The first-order valence-electron chi connectivity index (χ1n) is 7.18. The molecule has 20 heavy (non-hydrogen) atoms. The Labute approximate surface area is 121 Å². The summed E-state index contributed by atoms with van der Waals surface area (Å²) in [6, 6.07) is 15.3. The first kappa shape index (κ1) is 14.4. The molecule has 0 radical (unpaired) electrons. The summed E-state index contributed by atoms with van der Waals surface area (Å²) in [5.41, 5.74) is 1.29. The van der Waals surface area contributed by atoms with Crippen molar-refractivity contribution in [1.29, 1.82) is 0 Å². The lowest BCUT2D eigenvalue weighted by Crippen LogP contribution is -2.41. The van der Waals surface area contributed by atoms with Gasteiger partial charge in [0, 0.05) is 19.6 Å². The van der Waals surface area contributed by atoms with Gasteiger partial charge in [0.05, 0.1) is 0 Å². The highest BCUT2D eigenvalue weighted by molar-refractivity contribution is 5.86. The van der Waals surface area contributed by atoms with E-state index in [-0.39, 0.29) is 0 Å². The summed E-state index contributed by atoms with van der Waals surface area (Å²) in [6.45, 7) is 5.10. The Morgan fingerprint density at radius 2 is 1.90 bits per heavy atom. The summed E-state index contributed by atoms with van der Waals surface area (Å²) in [5.74, 6) is 0.854. The Morgan fingerprint density at radius 3 is 2.65 bits per heavy atom. The summed E-state index contributed by atoms with van der Waals surface area (Å²) in [7, 11) is 1.81. The van der Waals surface area contributed by atoms with E-state index in [1.807, 2.05) is 0 Å². The van der Waals surface area contributed by atoms with Crippen molar-refractivity contribution in [3.8, 4) is 0 Å². The second-order valence-corrected chi connectivity index (χ2v) is 5.02. The van der Waals surface area contributed by atoms with Crippen LogP contribution in [0.3, 0.4) is 0 Å². The highest BCUT2D eigenvalue weighted by atomic mass is 15.2. The lowest BCUT2D eigenvalue weighted by molar-refractivity contribution is 0.624. The lowest BCUT2D eigenvalue weighted by atomic mass is 10.0. The number of guanidine groups is 1. The highest BCUT2D eigenvalue weighted by Crippen LogP contribution is 2.18. The third-order valence-corrected chi connectivity index (χ3v) is 3.55. The molecule has 2 N–H and O–H groups in total. The SMILES string of the molecule is CCC(C)NC(=NC)NCc1cccc2ccccc12. The summed E-state index contributed by atoms with van der Waals surface area (Å²) in [5, 5.41) is 9.32. The number of rotatable bonds is 4. The Balaban J connectivity index is 2.09. The van der Waals surface area contributed by atoms with Crippen LogP contribution < -0.4 is 10.6 Å². The van der Waals surface area contributed by atoms with Crippen molar-refractivity contribution in [2.24, 2.45) is 4.99 Å². The van der Waals surface area contributed by atoms with Gasteiger partial charge in [-0.3, -0.25) is 4.99 Å². The van der Waals surface area contributed by atoms with E-state index < -0.39 is 0 Å². The molecule has 0 aromatic heterocycles. The normalized spacial score (nSPS) is 13.2. The molecule has 0 saturated heterocycles. The first-order valence-corrected chi connectivity index (χ1v) is 7.18. The predicted octanol–water partition coefficient (Wildman–Crippen LogP) is 3.30. The molecular weight excluding hydrogens is 246 g/mol. The molecule has 0 spiro atoms. The maximum Gasteiger partial charge on any atom is 0.191 e. The van der Waals surface area contributed by atoms with Gasteiger partial charge in [-0.15, -0.1) is 0 Å². The molecule has 2 aromatic carbocycles. The maximum absolute atomic E-state index is 4.27. The molecule has 2 rings (SSSR count). The fourth-order valence-electron chi connectivity index (χ4n) is 2.16. The number of hydrogen-bond acceptors (Lipinski definition) is 1. The van der Waals surface area contributed by atoms with Gasteiger partial charge >= 0.3 is 0 Å². The van der Waals surface area contributed by atoms with Crippen LogP contribution in [0.4, 0.5) is 0 Å². The Bertz CT molecular complexity index is 584. The third-order valence-electron chi connectivity index (χ3n) is 3.55. The van der Waals surface area contributed by atoms with Gasteiger partial charge in [-0.2, -0.15) is 0 Å². The Morgan fingerprint density at radius 1 is 1.15 bits per heavy atom. The molecular formula is C17H23N3. The zero-order chi connectivity index (χ0) is 14.4. The fraction of sp³-hybridized carbons (Fsp3) is 0.353. The van der Waals surface area contributed by atoms with E-state index in [1.54, 1.807) is 7.05 Å². The zero-order valence-electron chi connectivity index (χ0n) is 12.5. The molecule has 0 fully saturated rings. The van der Waals surface area contributed by atoms with Crippen LogP contribution >= 0.6 is 0 Å². The van der Waals surface area contributed by atoms with Crippen LogP contribution in [0.1, 0.15) is 25.8 Å². The van der Waals surface area contributed by atoms with E-state index in [1.165, 1.54) is 16.3 Å². The quantitative estimate of drug-likeness (QED) is 0.660. The summed E-state index contributed by atoms with van der Waals surface area (Å²) >= 11 is 0. The largest absolute Gasteiger partial charge is 0.354 e. The van der Waals surface area contributed by atoms with Crippen molar-refractivity contribution in [1.82, 2.24) is 10.6 Å². The molecule has 0 amide bonds. The van der Waals surface area contributed by atoms with Crippen LogP contribution in [0, 0.1) is 0 Å². The molecule has 1 atom stereocenters. The average Bonchev–Trinajstić information content (AvgIpc) is 2.51. The van der Waals surface area contributed by atoms with E-state index in [2.05, 4.69) is 71.9 Å². The van der Waals surface area contributed by atoms with Gasteiger partial charge in [-0.05, 0) is 29.7 Å². The minimum atomic E-state index is 0.425. The van der Waals surface area contributed by atoms with Crippen LogP contribution in [0.25, 0.3) is 10.8 Å². The number of aliphatic imine (C=N–C) groups is 1. The molecule has 2 aromatic rings. The maximum atomic E-state index is 4.27. The van der Waals surface area contributed by atoms with Crippen LogP contribution in [0.5, 0.6) is 0 Å². The third kappa shape index (κ3) is 3.50. The molecule has 0 aliphatic carbocycles. The molecule has 106 valence electrons. The molecule has 3 nitrogen and oxygen atoms in total. The number of nitrogens with one attached hydrogen (secondary N) is 2. The van der Waals surface area contributed by atoms with Crippen LogP contribution in [0.15, 0.2) is 47.5 Å². The highest BCUT2D eigenvalue weighted by Gasteiger charge is 2.04. The Hall–Kier alpha value is -2.03. The topological polar surface area (TPSA) is 36.4 Å². The van der Waals surface area contributed by atoms with Crippen LogP contribution in [-0.2, 0) is 6.54 Å².